The molecular formula is C40H48N8O6. The van der Waals surface area contributed by atoms with Gasteiger partial charge in [-0.15, -0.1) is 0 Å². The van der Waals surface area contributed by atoms with Gasteiger partial charge in [0, 0.05) is 45.2 Å². The van der Waals surface area contributed by atoms with Crippen molar-refractivity contribution in [2.45, 2.75) is 97.6 Å². The van der Waals surface area contributed by atoms with Crippen molar-refractivity contribution in [1.82, 2.24) is 34.7 Å². The number of rotatable bonds is 16. The Balaban J connectivity index is 0.863. The molecule has 2 N–H and O–H groups in total. The van der Waals surface area contributed by atoms with E-state index in [2.05, 4.69) is 20.8 Å². The maximum Gasteiger partial charge on any atom is 0.295 e. The van der Waals surface area contributed by atoms with E-state index < -0.39 is 23.8 Å². The molecule has 0 radical (unpaired) electrons. The molecule has 2 aliphatic rings. The van der Waals surface area contributed by atoms with Crippen molar-refractivity contribution in [3.8, 4) is 5.69 Å². The summed E-state index contributed by atoms with van der Waals surface area (Å²) in [6, 6.07) is 12.1. The topological polar surface area (TPSA) is 169 Å². The molecule has 2 aromatic carbocycles. The molecule has 2 aromatic heterocycles. The first kappa shape index (κ1) is 38.1. The molecule has 14 nitrogen and oxygen atoms in total. The Morgan fingerprint density at radius 2 is 1.54 bits per heavy atom. The minimum Gasteiger partial charge on any atom is -0.384 e. The fraction of sp³-hybridized carbons (Fsp3) is 0.450. The second-order valence-corrected chi connectivity index (χ2v) is 14.2. The Morgan fingerprint density at radius 3 is 2.28 bits per heavy atom. The van der Waals surface area contributed by atoms with Crippen molar-refractivity contribution in [3.05, 3.63) is 80.9 Å². The number of carbonyl (C=O) groups excluding carboxylic acids is 5. The number of aromatic nitrogens is 4. The molecule has 0 aliphatic carbocycles. The van der Waals surface area contributed by atoms with E-state index in [9.17, 15) is 28.8 Å². The molecule has 1 unspecified atom stereocenters. The van der Waals surface area contributed by atoms with Gasteiger partial charge in [0.05, 0.1) is 33.6 Å². The summed E-state index contributed by atoms with van der Waals surface area (Å²) in [6.45, 7) is 7.39. The standard InChI is InChI=1S/C40H48N8O6/c1-25-16-18-28(19-17-25)48-27(3)34-26(2)43-46(40(54)36(34)44-48)24-12-15-32(49)42-23-10-8-6-5-7-9-22-41-30-14-11-13-29-35(30)39(53)47(37(29)51)31-20-21-33(50)45(4)38(31)52/h11,13-14,16-19,31,41H,5-10,12,15,20-24H2,1-4H3,(H,42,49). The third-order valence-electron chi connectivity index (χ3n) is 10.4. The third-order valence-corrected chi connectivity index (χ3v) is 10.4. The minimum absolute atomic E-state index is 0.0464. The van der Waals surface area contributed by atoms with Crippen LogP contribution in [0.5, 0.6) is 0 Å². The summed E-state index contributed by atoms with van der Waals surface area (Å²) in [7, 11) is 1.38. The number of imide groups is 2. The van der Waals surface area contributed by atoms with Gasteiger partial charge in [0.15, 0.2) is 5.52 Å². The number of fused-ring (bicyclic) bond motifs is 2. The van der Waals surface area contributed by atoms with Crippen LogP contribution in [0.1, 0.15) is 102 Å². The summed E-state index contributed by atoms with van der Waals surface area (Å²) >= 11 is 0. The zero-order chi connectivity index (χ0) is 38.5. The lowest BCUT2D eigenvalue weighted by atomic mass is 10.0. The molecule has 0 saturated carbocycles. The van der Waals surface area contributed by atoms with E-state index in [4.69, 9.17) is 0 Å². The van der Waals surface area contributed by atoms with E-state index in [0.29, 0.717) is 43.7 Å². The Labute approximate surface area is 313 Å². The summed E-state index contributed by atoms with van der Waals surface area (Å²) < 4.78 is 3.20. The molecule has 1 atom stereocenters. The highest BCUT2D eigenvalue weighted by Gasteiger charge is 2.47. The molecule has 0 spiro atoms. The Kier molecular flexibility index (Phi) is 11.7. The predicted molar refractivity (Wildman–Crippen MR) is 204 cm³/mol. The van der Waals surface area contributed by atoms with Crippen molar-refractivity contribution in [2.24, 2.45) is 0 Å². The number of hydrogen-bond donors (Lipinski definition) is 2. The van der Waals surface area contributed by atoms with Gasteiger partial charge in [0.2, 0.25) is 11.8 Å². The number of aryl methyl sites for hydroxylation is 4. The SMILES string of the molecule is Cc1ccc(-n2nc3c(=O)n(CCCC(=O)NCCCCCCCCNc4cccc5c4C(=O)N(C4CCC(=O)N(C)C4=O)C5=O)nc(C)c3c2C)cc1. The molecule has 1 saturated heterocycles. The van der Waals surface area contributed by atoms with E-state index >= 15 is 0 Å². The summed E-state index contributed by atoms with van der Waals surface area (Å²) in [5.74, 6) is -1.92. The second kappa shape index (κ2) is 16.6. The molecular weight excluding hydrogens is 688 g/mol. The number of likely N-dealkylation sites (N-methyl/N-ethyl adjacent to an activating group) is 1. The Bertz CT molecular complexity index is 2150. The van der Waals surface area contributed by atoms with Gasteiger partial charge in [-0.25, -0.2) is 9.36 Å². The van der Waals surface area contributed by atoms with Gasteiger partial charge < -0.3 is 10.6 Å². The quantitative estimate of drug-likeness (QED) is 0.123. The van der Waals surface area contributed by atoms with Crippen LogP contribution >= 0.6 is 0 Å². The van der Waals surface area contributed by atoms with Crippen LogP contribution in [-0.2, 0) is 20.9 Å². The lowest BCUT2D eigenvalue weighted by Crippen LogP contribution is -2.54. The lowest BCUT2D eigenvalue weighted by molar-refractivity contribution is -0.149. The van der Waals surface area contributed by atoms with Crippen LogP contribution in [0.3, 0.4) is 0 Å². The summed E-state index contributed by atoms with van der Waals surface area (Å²) in [5.41, 5.74) is 4.84. The molecule has 4 heterocycles. The van der Waals surface area contributed by atoms with Crippen LogP contribution in [0, 0.1) is 20.8 Å². The molecule has 1 fully saturated rings. The number of piperidine rings is 1. The minimum atomic E-state index is -0.978. The smallest absolute Gasteiger partial charge is 0.295 e. The average Bonchev–Trinajstić information content (AvgIpc) is 3.64. The van der Waals surface area contributed by atoms with Crippen molar-refractivity contribution in [3.63, 3.8) is 0 Å². The number of unbranched alkanes of at least 4 members (excludes halogenated alkanes) is 5. The van der Waals surface area contributed by atoms with E-state index in [1.54, 1.807) is 22.9 Å². The summed E-state index contributed by atoms with van der Waals surface area (Å²) in [4.78, 5) is 78.9. The maximum absolute atomic E-state index is 13.4. The number of amides is 5. The van der Waals surface area contributed by atoms with Crippen molar-refractivity contribution in [2.75, 3.05) is 25.5 Å². The highest BCUT2D eigenvalue weighted by molar-refractivity contribution is 6.25. The number of anilines is 1. The van der Waals surface area contributed by atoms with Gasteiger partial charge in [0.1, 0.15) is 6.04 Å². The Hall–Kier alpha value is -5.66. The second-order valence-electron chi connectivity index (χ2n) is 14.2. The molecule has 2 aliphatic heterocycles. The van der Waals surface area contributed by atoms with Crippen LogP contribution in [0.25, 0.3) is 16.6 Å². The average molecular weight is 737 g/mol. The molecule has 284 valence electrons. The van der Waals surface area contributed by atoms with Gasteiger partial charge in [-0.3, -0.25) is 38.6 Å². The molecule has 0 bridgehead atoms. The van der Waals surface area contributed by atoms with Crippen molar-refractivity contribution >= 4 is 46.1 Å². The highest BCUT2D eigenvalue weighted by Crippen LogP contribution is 2.33. The number of carbonyl (C=O) groups is 5. The van der Waals surface area contributed by atoms with Gasteiger partial charge in [-0.05, 0) is 70.7 Å². The zero-order valence-electron chi connectivity index (χ0n) is 31.4. The number of nitrogens with zero attached hydrogens (tertiary/aromatic N) is 6. The van der Waals surface area contributed by atoms with Crippen molar-refractivity contribution in [1.29, 1.82) is 0 Å². The van der Waals surface area contributed by atoms with E-state index in [1.165, 1.54) is 11.7 Å². The van der Waals surface area contributed by atoms with E-state index in [-0.39, 0.29) is 41.3 Å². The fourth-order valence-corrected chi connectivity index (χ4v) is 7.33. The third kappa shape index (κ3) is 7.82. The number of nitrogens with one attached hydrogen (secondary N) is 2. The zero-order valence-corrected chi connectivity index (χ0v) is 31.4. The van der Waals surface area contributed by atoms with E-state index in [0.717, 1.165) is 76.3 Å². The fourth-order valence-electron chi connectivity index (χ4n) is 7.33. The normalized spacial score (nSPS) is 15.7. The molecule has 4 aromatic rings. The molecule has 6 rings (SSSR count). The van der Waals surface area contributed by atoms with Crippen LogP contribution in [0.15, 0.2) is 47.3 Å². The van der Waals surface area contributed by atoms with Crippen LogP contribution in [-0.4, -0.2) is 85.1 Å². The first-order valence-corrected chi connectivity index (χ1v) is 18.8. The molecule has 54 heavy (non-hydrogen) atoms. The molecule has 5 amide bonds. The number of hydrogen-bond acceptors (Lipinski definition) is 9. The molecule has 14 heteroatoms. The van der Waals surface area contributed by atoms with Crippen LogP contribution in [0.2, 0.25) is 0 Å². The van der Waals surface area contributed by atoms with Gasteiger partial charge in [0.25, 0.3) is 23.3 Å². The predicted octanol–water partition coefficient (Wildman–Crippen LogP) is 4.60. The van der Waals surface area contributed by atoms with Crippen LogP contribution in [0.4, 0.5) is 5.69 Å². The van der Waals surface area contributed by atoms with Gasteiger partial charge >= 0.3 is 0 Å². The lowest BCUT2D eigenvalue weighted by Gasteiger charge is -2.32. The largest absolute Gasteiger partial charge is 0.384 e. The Morgan fingerprint density at radius 1 is 0.833 bits per heavy atom. The number of benzene rings is 2. The van der Waals surface area contributed by atoms with Crippen LogP contribution < -0.4 is 16.2 Å². The maximum atomic E-state index is 13.4. The van der Waals surface area contributed by atoms with E-state index in [1.807, 2.05) is 45.0 Å². The summed E-state index contributed by atoms with van der Waals surface area (Å²) in [5, 5.41) is 16.2. The summed E-state index contributed by atoms with van der Waals surface area (Å²) in [6.07, 6.45) is 6.79. The van der Waals surface area contributed by atoms with Gasteiger partial charge in [-0.2, -0.15) is 10.2 Å². The first-order valence-electron chi connectivity index (χ1n) is 18.8. The van der Waals surface area contributed by atoms with Gasteiger partial charge in [-0.1, -0.05) is 49.4 Å². The first-order chi connectivity index (χ1) is 26.0. The van der Waals surface area contributed by atoms with Crippen molar-refractivity contribution < 1.29 is 24.0 Å². The monoisotopic (exact) mass is 736 g/mol. The highest BCUT2D eigenvalue weighted by atomic mass is 16.2. The number of likely N-dealkylation sites (tertiary alicyclic amines) is 1.